The average molecular weight is 709 g/mol. The summed E-state index contributed by atoms with van der Waals surface area (Å²) in [4.78, 5) is 34.8. The summed E-state index contributed by atoms with van der Waals surface area (Å²) in [5.41, 5.74) is 9.78. The number of aliphatic hydroxyl groups is 1. The minimum absolute atomic E-state index is 0.271. The van der Waals surface area contributed by atoms with Crippen molar-refractivity contribution < 1.29 is 19.4 Å². The van der Waals surface area contributed by atoms with E-state index in [-0.39, 0.29) is 6.10 Å². The van der Waals surface area contributed by atoms with Gasteiger partial charge in [-0.1, -0.05) is 24.3 Å². The summed E-state index contributed by atoms with van der Waals surface area (Å²) in [6.45, 7) is 9.80. The topological polar surface area (TPSA) is 165 Å². The number of carboxylic acids is 1. The third kappa shape index (κ3) is 6.59. The largest absolute Gasteiger partial charge is 0.481 e. The van der Waals surface area contributed by atoms with Gasteiger partial charge < -0.3 is 19.9 Å². The number of hydrogen-bond donors (Lipinski definition) is 3. The number of pyridine rings is 1. The summed E-state index contributed by atoms with van der Waals surface area (Å²) >= 11 is 0. The lowest BCUT2D eigenvalue weighted by Crippen LogP contribution is -2.31. The molecule has 53 heavy (non-hydrogen) atoms. The van der Waals surface area contributed by atoms with Crippen molar-refractivity contribution in [2.75, 3.05) is 31.5 Å². The zero-order valence-corrected chi connectivity index (χ0v) is 29.9. The number of carbonyl (C=O) groups is 1. The first-order valence-corrected chi connectivity index (χ1v) is 17.8. The molecular weight excluding hydrogens is 669 g/mol. The number of aliphatic hydroxyl groups excluding tert-OH is 1. The molecule has 12 nitrogen and oxygen atoms in total. The number of aromatic nitrogens is 4. The van der Waals surface area contributed by atoms with Gasteiger partial charge in [0.1, 0.15) is 23.4 Å². The van der Waals surface area contributed by atoms with Crippen LogP contribution >= 0.6 is 0 Å². The first kappa shape index (κ1) is 34.4. The number of carboxylic acid groups (broad SMARTS) is 1. The van der Waals surface area contributed by atoms with Crippen molar-refractivity contribution in [1.82, 2.24) is 29.7 Å². The maximum absolute atomic E-state index is 11.8. The molecule has 0 saturated carbocycles. The highest BCUT2D eigenvalue weighted by molar-refractivity contribution is 5.89. The van der Waals surface area contributed by atoms with Crippen LogP contribution in [0.15, 0.2) is 71.5 Å². The Morgan fingerprint density at radius 1 is 0.981 bits per heavy atom. The number of anilines is 2. The Kier molecular flexibility index (Phi) is 8.86. The second kappa shape index (κ2) is 13.7. The van der Waals surface area contributed by atoms with Crippen molar-refractivity contribution in [2.24, 2.45) is 5.41 Å². The molecule has 0 bridgehead atoms. The van der Waals surface area contributed by atoms with Crippen LogP contribution in [0.2, 0.25) is 0 Å². The van der Waals surface area contributed by atoms with Crippen molar-refractivity contribution in [3.05, 3.63) is 94.9 Å². The number of rotatable bonds is 9. The molecule has 3 N–H and O–H groups in total. The number of oxazole rings is 1. The minimum atomic E-state index is -0.785. The number of aliphatic carboxylic acids is 1. The van der Waals surface area contributed by atoms with E-state index in [1.165, 1.54) is 0 Å². The molecule has 2 atom stereocenters. The maximum atomic E-state index is 11.8. The molecule has 8 rings (SSSR count). The standard InChI is InChI=1S/C41H40N8O4/c1-24-30(6-4-8-32(24)39-47-35-15-26(14-28(17-42)37(35)53-39)19-49-13-11-41(3,22-49)40(51)52)31-7-5-9-33(25(31)2)46-38-36-34(44-23-45-38)16-27(18-43-36)20-48-12-10-29(50)21-48/h4-9,14-16,18,23,29,50H,10-13,19-22H2,1-3H3,(H,51,52)(H,44,45,46)/t29-,41-/m1/s1. The van der Waals surface area contributed by atoms with Crippen LogP contribution in [0.5, 0.6) is 0 Å². The van der Waals surface area contributed by atoms with Gasteiger partial charge in [-0.2, -0.15) is 5.26 Å². The van der Waals surface area contributed by atoms with E-state index >= 15 is 0 Å². The summed E-state index contributed by atoms with van der Waals surface area (Å²) in [6, 6.07) is 20.2. The van der Waals surface area contributed by atoms with E-state index in [1.807, 2.05) is 55.6 Å². The maximum Gasteiger partial charge on any atom is 0.310 e. The summed E-state index contributed by atoms with van der Waals surface area (Å²) < 4.78 is 6.29. The number of β-amino-alcohol motifs (C(OH)–C–C–N with tert-alkyl or cyclic N) is 1. The van der Waals surface area contributed by atoms with Crippen LogP contribution in [0.25, 0.3) is 44.7 Å². The van der Waals surface area contributed by atoms with Gasteiger partial charge in [-0.05, 0) is 104 Å². The normalized spacial score (nSPS) is 19.3. The van der Waals surface area contributed by atoms with E-state index in [9.17, 15) is 20.3 Å². The first-order chi connectivity index (χ1) is 25.6. The molecule has 0 spiro atoms. The Balaban J connectivity index is 1.07. The highest BCUT2D eigenvalue weighted by Gasteiger charge is 2.40. The molecule has 6 aromatic rings. The predicted molar refractivity (Wildman–Crippen MR) is 201 cm³/mol. The van der Waals surface area contributed by atoms with Crippen molar-refractivity contribution in [3.63, 3.8) is 0 Å². The van der Waals surface area contributed by atoms with Gasteiger partial charge in [-0.15, -0.1) is 0 Å². The Hall–Kier alpha value is -5.74. The smallest absolute Gasteiger partial charge is 0.310 e. The molecule has 2 fully saturated rings. The lowest BCUT2D eigenvalue weighted by Gasteiger charge is -2.20. The fraction of sp³-hybridized carbons (Fsp3) is 0.317. The number of nitriles is 1. The SMILES string of the molecule is Cc1c(Nc2ncnc3cc(CN4CC[C@@H](O)C4)cnc23)cccc1-c1cccc(-c2nc3cc(CN4CC[C@@](C)(C(=O)O)C4)cc(C#N)c3o2)c1C. The predicted octanol–water partition coefficient (Wildman–Crippen LogP) is 6.60. The van der Waals surface area contributed by atoms with Crippen molar-refractivity contribution in [2.45, 2.75) is 52.8 Å². The van der Waals surface area contributed by atoms with Gasteiger partial charge in [0.05, 0.1) is 22.6 Å². The van der Waals surface area contributed by atoms with E-state index in [4.69, 9.17) is 14.4 Å². The van der Waals surface area contributed by atoms with Crippen LogP contribution in [0.4, 0.5) is 11.5 Å². The lowest BCUT2D eigenvalue weighted by molar-refractivity contribution is -0.147. The van der Waals surface area contributed by atoms with Crippen LogP contribution in [0.1, 0.15) is 47.6 Å². The molecular formula is C41H40N8O4. The monoisotopic (exact) mass is 708 g/mol. The van der Waals surface area contributed by atoms with E-state index in [0.29, 0.717) is 73.0 Å². The van der Waals surface area contributed by atoms with Crippen LogP contribution in [-0.2, 0) is 17.9 Å². The molecule has 3 aromatic heterocycles. The summed E-state index contributed by atoms with van der Waals surface area (Å²) in [7, 11) is 0. The Bertz CT molecular complexity index is 2440. The molecule has 0 unspecified atom stereocenters. The molecule has 2 saturated heterocycles. The fourth-order valence-corrected chi connectivity index (χ4v) is 7.73. The van der Waals surface area contributed by atoms with Crippen molar-refractivity contribution in [1.29, 1.82) is 5.26 Å². The third-order valence-corrected chi connectivity index (χ3v) is 10.8. The minimum Gasteiger partial charge on any atom is -0.481 e. The average Bonchev–Trinajstić information content (AvgIpc) is 3.87. The summed E-state index contributed by atoms with van der Waals surface area (Å²) in [5.74, 6) is 0.259. The summed E-state index contributed by atoms with van der Waals surface area (Å²) in [5, 5.41) is 33.1. The Labute approximate surface area is 306 Å². The number of nitrogens with one attached hydrogen (secondary N) is 1. The Morgan fingerprint density at radius 2 is 1.74 bits per heavy atom. The molecule has 2 aliphatic heterocycles. The van der Waals surface area contributed by atoms with Gasteiger partial charge in [0.2, 0.25) is 5.89 Å². The van der Waals surface area contributed by atoms with E-state index in [2.05, 4.69) is 50.2 Å². The second-order valence-electron chi connectivity index (χ2n) is 14.6. The highest BCUT2D eigenvalue weighted by atomic mass is 16.4. The number of hydrogen-bond acceptors (Lipinski definition) is 11. The third-order valence-electron chi connectivity index (χ3n) is 10.8. The Morgan fingerprint density at radius 3 is 2.49 bits per heavy atom. The van der Waals surface area contributed by atoms with E-state index in [1.54, 1.807) is 13.3 Å². The molecule has 0 amide bonds. The number of fused-ring (bicyclic) bond motifs is 2. The van der Waals surface area contributed by atoms with E-state index < -0.39 is 11.4 Å². The molecule has 0 aliphatic carbocycles. The number of benzene rings is 3. The summed E-state index contributed by atoms with van der Waals surface area (Å²) in [6.07, 6.45) is 4.51. The van der Waals surface area contributed by atoms with Gasteiger partial charge in [0.15, 0.2) is 11.4 Å². The quantitative estimate of drug-likeness (QED) is 0.148. The first-order valence-electron chi connectivity index (χ1n) is 17.8. The van der Waals surface area contributed by atoms with Gasteiger partial charge in [-0.25, -0.2) is 15.0 Å². The van der Waals surface area contributed by atoms with Crippen molar-refractivity contribution in [3.8, 4) is 28.7 Å². The lowest BCUT2D eigenvalue weighted by atomic mass is 9.90. The van der Waals surface area contributed by atoms with Crippen LogP contribution in [-0.4, -0.2) is 78.2 Å². The van der Waals surface area contributed by atoms with Crippen molar-refractivity contribution >= 4 is 39.6 Å². The molecule has 12 heteroatoms. The van der Waals surface area contributed by atoms with Crippen LogP contribution < -0.4 is 5.32 Å². The van der Waals surface area contributed by atoms with Gasteiger partial charge in [0.25, 0.3) is 0 Å². The number of likely N-dealkylation sites (tertiary alicyclic amines) is 2. The zero-order valence-electron chi connectivity index (χ0n) is 29.9. The zero-order chi connectivity index (χ0) is 36.9. The molecule has 5 heterocycles. The number of nitrogens with zero attached hydrogens (tertiary/aromatic N) is 7. The van der Waals surface area contributed by atoms with E-state index in [0.717, 1.165) is 63.1 Å². The second-order valence-corrected chi connectivity index (χ2v) is 14.6. The molecule has 3 aromatic carbocycles. The van der Waals surface area contributed by atoms with Crippen LogP contribution in [0, 0.1) is 30.6 Å². The van der Waals surface area contributed by atoms with Gasteiger partial charge >= 0.3 is 5.97 Å². The molecule has 0 radical (unpaired) electrons. The highest BCUT2D eigenvalue weighted by Crippen LogP contribution is 2.38. The molecule has 268 valence electrons. The molecule has 2 aliphatic rings. The van der Waals surface area contributed by atoms with Gasteiger partial charge in [0, 0.05) is 50.2 Å². The van der Waals surface area contributed by atoms with Gasteiger partial charge in [-0.3, -0.25) is 19.6 Å². The van der Waals surface area contributed by atoms with Crippen LogP contribution in [0.3, 0.4) is 0 Å². The fourth-order valence-electron chi connectivity index (χ4n) is 7.73.